The van der Waals surface area contributed by atoms with E-state index in [1.807, 2.05) is 19.9 Å². The first kappa shape index (κ1) is 25.2. The molecule has 0 amide bonds. The van der Waals surface area contributed by atoms with Crippen LogP contribution in [0, 0.1) is 13.8 Å². The summed E-state index contributed by atoms with van der Waals surface area (Å²) < 4.78 is 5.91. The Morgan fingerprint density at radius 1 is 0.806 bits per heavy atom. The average Bonchev–Trinajstić information content (AvgIpc) is 2.79. The standard InChI is InChI=1S/C29H42O2/c1-8-19-31-27-16-15-26(21-23(27)7)29(11-4,12-5)25-14-13-24(22(6)20-25)17-18-28(30,9-2)10-3/h13-18,20-21,30H,8-12,19H2,1-7H3/b18-17+. The van der Waals surface area contributed by atoms with Gasteiger partial charge in [0.25, 0.3) is 0 Å². The second-order valence-electron chi connectivity index (χ2n) is 8.83. The van der Waals surface area contributed by atoms with E-state index in [9.17, 15) is 5.11 Å². The van der Waals surface area contributed by atoms with Crippen LogP contribution in [0.15, 0.2) is 42.5 Å². The van der Waals surface area contributed by atoms with Gasteiger partial charge in [0.2, 0.25) is 0 Å². The number of benzene rings is 2. The van der Waals surface area contributed by atoms with Gasteiger partial charge in [-0.15, -0.1) is 0 Å². The normalized spacial score (nSPS) is 12.5. The molecule has 0 aliphatic rings. The van der Waals surface area contributed by atoms with E-state index in [2.05, 4.69) is 77.1 Å². The van der Waals surface area contributed by atoms with Crippen molar-refractivity contribution < 1.29 is 9.84 Å². The van der Waals surface area contributed by atoms with Crippen LogP contribution in [0.2, 0.25) is 0 Å². The molecule has 0 aromatic heterocycles. The molecule has 0 aliphatic carbocycles. The predicted molar refractivity (Wildman–Crippen MR) is 134 cm³/mol. The zero-order valence-corrected chi connectivity index (χ0v) is 20.7. The minimum Gasteiger partial charge on any atom is -0.493 e. The molecule has 0 aliphatic heterocycles. The number of rotatable bonds is 11. The number of ether oxygens (including phenoxy) is 1. The maximum atomic E-state index is 10.6. The Hall–Kier alpha value is -2.06. The van der Waals surface area contributed by atoms with Crippen molar-refractivity contribution in [2.45, 2.75) is 91.6 Å². The van der Waals surface area contributed by atoms with Crippen LogP contribution in [0.1, 0.15) is 94.5 Å². The fourth-order valence-electron chi connectivity index (χ4n) is 4.45. The lowest BCUT2D eigenvalue weighted by atomic mass is 9.70. The minimum absolute atomic E-state index is 0.0192. The molecule has 0 bridgehead atoms. The highest BCUT2D eigenvalue weighted by Crippen LogP contribution is 2.41. The number of aryl methyl sites for hydroxylation is 2. The number of hydrogen-bond donors (Lipinski definition) is 1. The molecule has 0 radical (unpaired) electrons. The van der Waals surface area contributed by atoms with Crippen molar-refractivity contribution in [1.29, 1.82) is 0 Å². The van der Waals surface area contributed by atoms with Crippen LogP contribution in [-0.4, -0.2) is 17.3 Å². The fraction of sp³-hybridized carbons (Fsp3) is 0.517. The molecule has 0 spiro atoms. The summed E-state index contributed by atoms with van der Waals surface area (Å²) in [5.41, 5.74) is 5.59. The lowest BCUT2D eigenvalue weighted by Crippen LogP contribution is -2.26. The van der Waals surface area contributed by atoms with E-state index >= 15 is 0 Å². The van der Waals surface area contributed by atoms with Gasteiger partial charge in [0, 0.05) is 5.41 Å². The molecule has 2 nitrogen and oxygen atoms in total. The van der Waals surface area contributed by atoms with Crippen LogP contribution in [-0.2, 0) is 5.41 Å². The van der Waals surface area contributed by atoms with Crippen molar-refractivity contribution in [3.63, 3.8) is 0 Å². The summed E-state index contributed by atoms with van der Waals surface area (Å²) >= 11 is 0. The summed E-state index contributed by atoms with van der Waals surface area (Å²) in [5.74, 6) is 0.989. The number of aliphatic hydroxyl groups is 1. The Labute approximate surface area is 190 Å². The highest BCUT2D eigenvalue weighted by atomic mass is 16.5. The molecule has 0 saturated heterocycles. The molecular weight excluding hydrogens is 380 g/mol. The topological polar surface area (TPSA) is 29.5 Å². The van der Waals surface area contributed by atoms with Crippen LogP contribution in [0.5, 0.6) is 5.75 Å². The second kappa shape index (κ2) is 11.0. The zero-order valence-electron chi connectivity index (χ0n) is 20.7. The van der Waals surface area contributed by atoms with Gasteiger partial charge < -0.3 is 9.84 Å². The van der Waals surface area contributed by atoms with Crippen molar-refractivity contribution in [2.75, 3.05) is 6.61 Å². The Bertz CT molecular complexity index is 870. The van der Waals surface area contributed by atoms with E-state index in [-0.39, 0.29) is 5.41 Å². The maximum Gasteiger partial charge on any atom is 0.122 e. The van der Waals surface area contributed by atoms with E-state index in [4.69, 9.17) is 4.74 Å². The summed E-state index contributed by atoms with van der Waals surface area (Å²) in [7, 11) is 0. The Morgan fingerprint density at radius 2 is 1.39 bits per heavy atom. The third kappa shape index (κ3) is 5.60. The van der Waals surface area contributed by atoms with Crippen molar-refractivity contribution in [2.24, 2.45) is 0 Å². The second-order valence-corrected chi connectivity index (χ2v) is 8.83. The van der Waals surface area contributed by atoms with Crippen LogP contribution in [0.25, 0.3) is 6.08 Å². The zero-order chi connectivity index (χ0) is 23.1. The molecular formula is C29H42O2. The predicted octanol–water partition coefficient (Wildman–Crippen LogP) is 7.76. The summed E-state index contributed by atoms with van der Waals surface area (Å²) in [6.45, 7) is 15.8. The first-order valence-corrected chi connectivity index (χ1v) is 12.1. The van der Waals surface area contributed by atoms with Gasteiger partial charge in [-0.05, 0) is 79.8 Å². The molecule has 2 heteroatoms. The van der Waals surface area contributed by atoms with Crippen LogP contribution >= 0.6 is 0 Å². The average molecular weight is 423 g/mol. The highest BCUT2D eigenvalue weighted by molar-refractivity contribution is 5.57. The molecule has 0 fully saturated rings. The van der Waals surface area contributed by atoms with Crippen molar-refractivity contribution >= 4 is 6.08 Å². The van der Waals surface area contributed by atoms with Gasteiger partial charge in [0.15, 0.2) is 0 Å². The van der Waals surface area contributed by atoms with Gasteiger partial charge in [-0.25, -0.2) is 0 Å². The molecule has 0 saturated carbocycles. The smallest absolute Gasteiger partial charge is 0.122 e. The van der Waals surface area contributed by atoms with E-state index < -0.39 is 5.60 Å². The molecule has 31 heavy (non-hydrogen) atoms. The quantitative estimate of drug-likeness (QED) is 0.401. The summed E-state index contributed by atoms with van der Waals surface area (Å²) in [4.78, 5) is 0. The van der Waals surface area contributed by atoms with Crippen LogP contribution in [0.3, 0.4) is 0 Å². The lowest BCUT2D eigenvalue weighted by molar-refractivity contribution is 0.0836. The Morgan fingerprint density at radius 3 is 1.87 bits per heavy atom. The van der Waals surface area contributed by atoms with Crippen molar-refractivity contribution in [3.8, 4) is 5.75 Å². The third-order valence-corrected chi connectivity index (χ3v) is 7.02. The van der Waals surface area contributed by atoms with E-state index in [0.29, 0.717) is 0 Å². The molecule has 2 rings (SSSR count). The van der Waals surface area contributed by atoms with Gasteiger partial charge in [-0.2, -0.15) is 0 Å². The summed E-state index contributed by atoms with van der Waals surface area (Å²) in [5, 5.41) is 10.6. The fourth-order valence-corrected chi connectivity index (χ4v) is 4.45. The monoisotopic (exact) mass is 422 g/mol. The van der Waals surface area contributed by atoms with Gasteiger partial charge in [-0.3, -0.25) is 0 Å². The SMILES string of the molecule is CCCOc1ccc(C(CC)(CC)c2ccc(/C=C/C(O)(CC)CC)c(C)c2)cc1C. The Kier molecular flexibility index (Phi) is 8.94. The molecule has 2 aromatic rings. The van der Waals surface area contributed by atoms with E-state index in [1.165, 1.54) is 27.8 Å². The lowest BCUT2D eigenvalue weighted by Gasteiger charge is -2.34. The first-order chi connectivity index (χ1) is 14.8. The molecule has 170 valence electrons. The number of hydrogen-bond acceptors (Lipinski definition) is 2. The van der Waals surface area contributed by atoms with E-state index in [0.717, 1.165) is 44.5 Å². The molecule has 2 aromatic carbocycles. The summed E-state index contributed by atoms with van der Waals surface area (Å²) in [6, 6.07) is 13.5. The minimum atomic E-state index is -0.721. The largest absolute Gasteiger partial charge is 0.493 e. The van der Waals surface area contributed by atoms with Crippen LogP contribution < -0.4 is 4.74 Å². The molecule has 0 heterocycles. The van der Waals surface area contributed by atoms with Gasteiger partial charge in [0.05, 0.1) is 12.2 Å². The molecule has 1 N–H and O–H groups in total. The van der Waals surface area contributed by atoms with E-state index in [1.54, 1.807) is 0 Å². The van der Waals surface area contributed by atoms with Crippen molar-refractivity contribution in [3.05, 3.63) is 70.3 Å². The first-order valence-electron chi connectivity index (χ1n) is 12.1. The maximum absolute atomic E-state index is 10.6. The molecule has 0 atom stereocenters. The summed E-state index contributed by atoms with van der Waals surface area (Å²) in [6.07, 6.45) is 8.59. The van der Waals surface area contributed by atoms with Gasteiger partial charge >= 0.3 is 0 Å². The Balaban J connectivity index is 2.44. The highest BCUT2D eigenvalue weighted by Gasteiger charge is 2.31. The van der Waals surface area contributed by atoms with Crippen molar-refractivity contribution in [1.82, 2.24) is 0 Å². The van der Waals surface area contributed by atoms with Gasteiger partial charge in [0.1, 0.15) is 5.75 Å². The third-order valence-electron chi connectivity index (χ3n) is 7.02. The molecule has 0 unspecified atom stereocenters. The van der Waals surface area contributed by atoms with Gasteiger partial charge in [-0.1, -0.05) is 77.1 Å². The van der Waals surface area contributed by atoms with Crippen LogP contribution in [0.4, 0.5) is 0 Å².